The van der Waals surface area contributed by atoms with Gasteiger partial charge in [0.2, 0.25) is 0 Å². The van der Waals surface area contributed by atoms with Gasteiger partial charge in [-0.05, 0) is 48.5 Å². The third-order valence-electron chi connectivity index (χ3n) is 5.42. The first-order chi connectivity index (χ1) is 15.2. The van der Waals surface area contributed by atoms with Gasteiger partial charge in [-0.2, -0.15) is 18.4 Å². The number of nitrogens with one attached hydrogen (secondary N) is 1. The number of nitriles is 1. The summed E-state index contributed by atoms with van der Waals surface area (Å²) in [5.41, 5.74) is 0.00749. The quantitative estimate of drug-likeness (QED) is 0.711. The highest BCUT2D eigenvalue weighted by Crippen LogP contribution is 2.37. The number of hydrogen-bond acceptors (Lipinski definition) is 5. The number of pyridine rings is 1. The lowest BCUT2D eigenvalue weighted by atomic mass is 9.93. The van der Waals surface area contributed by atoms with Crippen molar-refractivity contribution in [2.45, 2.75) is 32.1 Å². The van der Waals surface area contributed by atoms with Crippen molar-refractivity contribution < 1.29 is 22.8 Å². The van der Waals surface area contributed by atoms with Crippen LogP contribution in [-0.2, 0) is 23.9 Å². The largest absolute Gasteiger partial charge is 0.419 e. The molecule has 32 heavy (non-hydrogen) atoms. The van der Waals surface area contributed by atoms with Gasteiger partial charge in [-0.25, -0.2) is 4.98 Å². The Bertz CT molecular complexity index is 1190. The fraction of sp³-hybridized carbons (Fsp3) is 0.286. The molecular weight excluding hydrogens is 443 g/mol. The molecule has 0 radical (unpaired) electrons. The van der Waals surface area contributed by atoms with Gasteiger partial charge in [0.1, 0.15) is 12.1 Å². The van der Waals surface area contributed by atoms with E-state index in [9.17, 15) is 22.8 Å². The van der Waals surface area contributed by atoms with E-state index >= 15 is 0 Å². The number of halogens is 3. The summed E-state index contributed by atoms with van der Waals surface area (Å²) >= 11 is 5.43. The minimum atomic E-state index is -4.81. The summed E-state index contributed by atoms with van der Waals surface area (Å²) in [5, 5.41) is 11.7. The molecule has 11 heteroatoms. The summed E-state index contributed by atoms with van der Waals surface area (Å²) in [5.74, 6) is -0.685. The number of carbonyl (C=O) groups excluding carboxylic acids is 2. The Morgan fingerprint density at radius 2 is 2.09 bits per heavy atom. The van der Waals surface area contributed by atoms with E-state index < -0.39 is 29.4 Å². The second-order valence-corrected chi connectivity index (χ2v) is 7.71. The zero-order valence-corrected chi connectivity index (χ0v) is 17.5. The van der Waals surface area contributed by atoms with Crippen LogP contribution in [0.15, 0.2) is 30.5 Å². The maximum absolute atomic E-state index is 13.4. The van der Waals surface area contributed by atoms with Crippen molar-refractivity contribution in [2.75, 3.05) is 11.4 Å². The van der Waals surface area contributed by atoms with Gasteiger partial charge in [0, 0.05) is 25.1 Å². The standard InChI is InChI=1S/C21H16F3N5O2S/c1-2-26-18(30)12-4-3-11-6-17-19(31)29(20(32)28(17)10-13(11)5-12)14-7-15(21(22,23)24)16(8-25)27-9-14/h3-5,7,9,17H,2,6,10H2,1H3,(H,26,30). The maximum Gasteiger partial charge on any atom is 0.419 e. The number of hydrogen-bond donors (Lipinski definition) is 1. The zero-order chi connectivity index (χ0) is 23.2. The van der Waals surface area contributed by atoms with Crippen LogP contribution < -0.4 is 10.2 Å². The summed E-state index contributed by atoms with van der Waals surface area (Å²) in [6.45, 7) is 2.53. The summed E-state index contributed by atoms with van der Waals surface area (Å²) in [4.78, 5) is 31.5. The topological polar surface area (TPSA) is 89.3 Å². The van der Waals surface area contributed by atoms with Gasteiger partial charge in [-0.1, -0.05) is 6.07 Å². The first kappa shape index (κ1) is 21.7. The predicted molar refractivity (Wildman–Crippen MR) is 112 cm³/mol. The van der Waals surface area contributed by atoms with Crippen molar-refractivity contribution in [3.05, 3.63) is 58.4 Å². The van der Waals surface area contributed by atoms with Gasteiger partial charge >= 0.3 is 6.18 Å². The molecule has 0 saturated carbocycles. The van der Waals surface area contributed by atoms with E-state index in [0.717, 1.165) is 22.2 Å². The minimum absolute atomic E-state index is 0.0497. The Labute approximate surface area is 186 Å². The fourth-order valence-corrected chi connectivity index (χ4v) is 4.29. The van der Waals surface area contributed by atoms with Crippen LogP contribution in [0, 0.1) is 11.3 Å². The lowest BCUT2D eigenvalue weighted by molar-refractivity contribution is -0.138. The molecule has 7 nitrogen and oxygen atoms in total. The van der Waals surface area contributed by atoms with E-state index in [4.69, 9.17) is 17.5 Å². The Morgan fingerprint density at radius 1 is 1.34 bits per heavy atom. The number of rotatable bonds is 3. The molecule has 1 atom stereocenters. The van der Waals surface area contributed by atoms with Crippen molar-refractivity contribution in [2.24, 2.45) is 0 Å². The number of amides is 2. The van der Waals surface area contributed by atoms with Crippen molar-refractivity contribution in [1.29, 1.82) is 5.26 Å². The maximum atomic E-state index is 13.4. The van der Waals surface area contributed by atoms with Gasteiger partial charge < -0.3 is 10.2 Å². The van der Waals surface area contributed by atoms with Crippen molar-refractivity contribution in [3.63, 3.8) is 0 Å². The molecule has 1 N–H and O–H groups in total. The third kappa shape index (κ3) is 3.56. The fourth-order valence-electron chi connectivity index (χ4n) is 3.90. The van der Waals surface area contributed by atoms with Gasteiger partial charge in [-0.3, -0.25) is 14.5 Å². The molecule has 4 rings (SSSR count). The molecule has 1 unspecified atom stereocenters. The smallest absolute Gasteiger partial charge is 0.352 e. The first-order valence-corrected chi connectivity index (χ1v) is 10.1. The zero-order valence-electron chi connectivity index (χ0n) is 16.7. The van der Waals surface area contributed by atoms with Crippen LogP contribution in [0.4, 0.5) is 18.9 Å². The van der Waals surface area contributed by atoms with E-state index in [1.54, 1.807) is 23.1 Å². The molecule has 2 aromatic rings. The summed E-state index contributed by atoms with van der Waals surface area (Å²) in [6.07, 6.45) is -3.47. The molecule has 1 aromatic carbocycles. The Hall–Kier alpha value is -3.52. The van der Waals surface area contributed by atoms with Crippen LogP contribution >= 0.6 is 12.2 Å². The van der Waals surface area contributed by atoms with Crippen molar-refractivity contribution in [3.8, 4) is 6.07 Å². The van der Waals surface area contributed by atoms with Crippen LogP contribution in [0.1, 0.15) is 39.7 Å². The van der Waals surface area contributed by atoms with E-state index in [0.29, 0.717) is 24.6 Å². The number of fused-ring (bicyclic) bond motifs is 2. The molecule has 1 aromatic heterocycles. The molecule has 1 saturated heterocycles. The van der Waals surface area contributed by atoms with Gasteiger partial charge in [0.15, 0.2) is 10.8 Å². The lowest BCUT2D eigenvalue weighted by Gasteiger charge is -2.30. The summed E-state index contributed by atoms with van der Waals surface area (Å²) in [7, 11) is 0. The molecule has 164 valence electrons. The van der Waals surface area contributed by atoms with E-state index in [-0.39, 0.29) is 23.3 Å². The molecule has 0 bridgehead atoms. The van der Waals surface area contributed by atoms with Crippen LogP contribution in [-0.4, -0.2) is 39.4 Å². The van der Waals surface area contributed by atoms with E-state index in [1.165, 1.54) is 6.07 Å². The van der Waals surface area contributed by atoms with E-state index in [2.05, 4.69) is 10.3 Å². The van der Waals surface area contributed by atoms with E-state index in [1.807, 2.05) is 6.92 Å². The monoisotopic (exact) mass is 459 g/mol. The number of benzene rings is 1. The average molecular weight is 459 g/mol. The van der Waals surface area contributed by atoms with Crippen LogP contribution in [0.5, 0.6) is 0 Å². The molecule has 0 aliphatic carbocycles. The lowest BCUT2D eigenvalue weighted by Crippen LogP contribution is -2.40. The number of alkyl halides is 3. The summed E-state index contributed by atoms with van der Waals surface area (Å²) in [6, 6.07) is 6.65. The Morgan fingerprint density at radius 3 is 2.75 bits per heavy atom. The molecule has 3 heterocycles. The van der Waals surface area contributed by atoms with Gasteiger partial charge in [0.25, 0.3) is 11.8 Å². The highest BCUT2D eigenvalue weighted by atomic mass is 32.1. The second-order valence-electron chi connectivity index (χ2n) is 7.35. The molecule has 2 amide bonds. The minimum Gasteiger partial charge on any atom is -0.352 e. The third-order valence-corrected chi connectivity index (χ3v) is 5.84. The highest BCUT2D eigenvalue weighted by molar-refractivity contribution is 7.80. The van der Waals surface area contributed by atoms with Crippen LogP contribution in [0.2, 0.25) is 0 Å². The predicted octanol–water partition coefficient (Wildman–Crippen LogP) is 2.78. The molecule has 2 aliphatic heterocycles. The first-order valence-electron chi connectivity index (χ1n) is 9.67. The van der Waals surface area contributed by atoms with Gasteiger partial charge in [-0.15, -0.1) is 0 Å². The van der Waals surface area contributed by atoms with Gasteiger partial charge in [0.05, 0.1) is 17.4 Å². The molecule has 1 fully saturated rings. The number of anilines is 1. The van der Waals surface area contributed by atoms with Crippen LogP contribution in [0.25, 0.3) is 0 Å². The van der Waals surface area contributed by atoms with Crippen molar-refractivity contribution in [1.82, 2.24) is 15.2 Å². The van der Waals surface area contributed by atoms with Crippen LogP contribution in [0.3, 0.4) is 0 Å². The number of aromatic nitrogens is 1. The number of carbonyl (C=O) groups is 2. The Balaban J connectivity index is 1.67. The molecule has 0 spiro atoms. The average Bonchev–Trinajstić information content (AvgIpc) is 3.00. The normalized spacial score (nSPS) is 17.7. The molecular formula is C21H16F3N5O2S. The number of thiocarbonyl (C=S) groups is 1. The molecule has 2 aliphatic rings. The summed E-state index contributed by atoms with van der Waals surface area (Å²) < 4.78 is 40.1. The SMILES string of the molecule is CCNC(=O)c1ccc2c(c1)CN1C(=S)N(c3cnc(C#N)c(C(F)(F)F)c3)C(=O)C1C2. The second kappa shape index (κ2) is 7.87. The number of nitrogens with zero attached hydrogens (tertiary/aromatic N) is 4. The Kier molecular flexibility index (Phi) is 5.34. The van der Waals surface area contributed by atoms with Crippen molar-refractivity contribution >= 4 is 34.8 Å². The highest BCUT2D eigenvalue weighted by Gasteiger charge is 2.46.